The summed E-state index contributed by atoms with van der Waals surface area (Å²) in [6.45, 7) is 3.22. The first-order chi connectivity index (χ1) is 10.1. The summed E-state index contributed by atoms with van der Waals surface area (Å²) >= 11 is 0. The zero-order chi connectivity index (χ0) is 15.3. The molecule has 0 saturated carbocycles. The molecule has 1 aromatic rings. The number of hydrogen-bond donors (Lipinski definition) is 1. The molecule has 0 aromatic heterocycles. The molecule has 1 saturated heterocycles. The van der Waals surface area contributed by atoms with Gasteiger partial charge in [0, 0.05) is 19.1 Å². The monoisotopic (exact) mass is 313 g/mol. The molecule has 1 aromatic carbocycles. The molecule has 2 unspecified atom stereocenters. The van der Waals surface area contributed by atoms with E-state index in [2.05, 4.69) is 4.72 Å². The van der Waals surface area contributed by atoms with E-state index in [-0.39, 0.29) is 11.2 Å². The molecule has 21 heavy (non-hydrogen) atoms. The minimum absolute atomic E-state index is 0.0174. The summed E-state index contributed by atoms with van der Waals surface area (Å²) in [5.41, 5.74) is 1.10. The largest absolute Gasteiger partial charge is 0.497 e. The Labute approximate surface area is 126 Å². The van der Waals surface area contributed by atoms with Crippen molar-refractivity contribution in [2.45, 2.75) is 25.0 Å². The van der Waals surface area contributed by atoms with Crippen molar-refractivity contribution < 1.29 is 17.9 Å². The second-order valence-electron chi connectivity index (χ2n) is 5.26. The van der Waals surface area contributed by atoms with Gasteiger partial charge in [-0.1, -0.05) is 19.1 Å². The third kappa shape index (κ3) is 4.18. The molecular weight excluding hydrogens is 290 g/mol. The molecule has 2 atom stereocenters. The number of hydrogen-bond acceptors (Lipinski definition) is 4. The van der Waals surface area contributed by atoms with Crippen LogP contribution in [0.15, 0.2) is 24.3 Å². The Morgan fingerprint density at radius 1 is 1.33 bits per heavy atom. The summed E-state index contributed by atoms with van der Waals surface area (Å²) in [7, 11) is -1.64. The van der Waals surface area contributed by atoms with Gasteiger partial charge in [-0.3, -0.25) is 0 Å². The average molecular weight is 313 g/mol. The van der Waals surface area contributed by atoms with Crippen LogP contribution in [0.3, 0.4) is 0 Å². The van der Waals surface area contributed by atoms with E-state index in [9.17, 15) is 8.42 Å². The Morgan fingerprint density at radius 3 is 2.67 bits per heavy atom. The highest BCUT2D eigenvalue weighted by atomic mass is 32.2. The van der Waals surface area contributed by atoms with E-state index < -0.39 is 10.0 Å². The molecule has 0 amide bonds. The molecule has 0 spiro atoms. The van der Waals surface area contributed by atoms with Crippen LogP contribution in [-0.2, 0) is 21.2 Å². The lowest BCUT2D eigenvalue weighted by molar-refractivity contribution is 0.0570. The third-order valence-electron chi connectivity index (χ3n) is 3.81. The molecular formula is C15H23NO4S. The van der Waals surface area contributed by atoms with E-state index in [0.717, 1.165) is 11.3 Å². The van der Waals surface area contributed by atoms with E-state index in [0.29, 0.717) is 32.6 Å². The van der Waals surface area contributed by atoms with Crippen molar-refractivity contribution >= 4 is 10.0 Å². The molecule has 1 heterocycles. The fourth-order valence-electron chi connectivity index (χ4n) is 2.75. The molecule has 1 fully saturated rings. The minimum Gasteiger partial charge on any atom is -0.497 e. The normalized spacial score (nSPS) is 23.0. The number of nitrogens with one attached hydrogen (secondary N) is 1. The van der Waals surface area contributed by atoms with Crippen molar-refractivity contribution in [1.82, 2.24) is 4.72 Å². The molecule has 5 nitrogen and oxygen atoms in total. The van der Waals surface area contributed by atoms with E-state index in [1.807, 2.05) is 24.3 Å². The molecule has 0 bridgehead atoms. The van der Waals surface area contributed by atoms with Crippen LogP contribution in [0.4, 0.5) is 0 Å². The van der Waals surface area contributed by atoms with E-state index >= 15 is 0 Å². The first-order valence-electron chi connectivity index (χ1n) is 7.26. The van der Waals surface area contributed by atoms with Crippen molar-refractivity contribution in [2.75, 3.05) is 26.9 Å². The Morgan fingerprint density at radius 2 is 2.05 bits per heavy atom. The molecule has 1 aliphatic heterocycles. The summed E-state index contributed by atoms with van der Waals surface area (Å²) < 4.78 is 37.8. The lowest BCUT2D eigenvalue weighted by Gasteiger charge is -2.31. The highest BCUT2D eigenvalue weighted by molar-refractivity contribution is 7.90. The minimum atomic E-state index is -3.27. The fraction of sp³-hybridized carbons (Fsp3) is 0.600. The maximum absolute atomic E-state index is 12.3. The summed E-state index contributed by atoms with van der Waals surface area (Å²) in [6, 6.07) is 7.74. The summed E-state index contributed by atoms with van der Waals surface area (Å²) in [5, 5.41) is -0.381. The Hall–Kier alpha value is -1.11. The molecule has 2 rings (SSSR count). The van der Waals surface area contributed by atoms with Gasteiger partial charge in [0.1, 0.15) is 5.75 Å². The number of sulfonamides is 1. The Bertz CT molecular complexity index is 541. The van der Waals surface area contributed by atoms with Gasteiger partial charge in [-0.25, -0.2) is 13.1 Å². The summed E-state index contributed by atoms with van der Waals surface area (Å²) in [4.78, 5) is 0. The summed E-state index contributed by atoms with van der Waals surface area (Å²) in [5.74, 6) is 0.784. The second kappa shape index (κ2) is 7.24. The van der Waals surface area contributed by atoms with E-state index in [1.54, 1.807) is 14.0 Å². The number of methoxy groups -OCH3 is 1. The van der Waals surface area contributed by atoms with Gasteiger partial charge in [-0.05, 0) is 30.5 Å². The highest BCUT2D eigenvalue weighted by Gasteiger charge is 2.35. The van der Waals surface area contributed by atoms with Crippen LogP contribution in [0.2, 0.25) is 0 Å². The van der Waals surface area contributed by atoms with Crippen LogP contribution in [0.5, 0.6) is 5.75 Å². The smallest absolute Gasteiger partial charge is 0.214 e. The van der Waals surface area contributed by atoms with Crippen LogP contribution < -0.4 is 9.46 Å². The molecule has 1 N–H and O–H groups in total. The topological polar surface area (TPSA) is 64.6 Å². The fourth-order valence-corrected chi connectivity index (χ4v) is 4.45. The zero-order valence-corrected chi connectivity index (χ0v) is 13.4. The van der Waals surface area contributed by atoms with Gasteiger partial charge in [-0.15, -0.1) is 0 Å². The van der Waals surface area contributed by atoms with Gasteiger partial charge < -0.3 is 9.47 Å². The quantitative estimate of drug-likeness (QED) is 0.866. The lowest BCUT2D eigenvalue weighted by atomic mass is 9.93. The van der Waals surface area contributed by atoms with Gasteiger partial charge in [0.05, 0.1) is 19.0 Å². The lowest BCUT2D eigenvalue weighted by Crippen LogP contribution is -2.44. The second-order valence-corrected chi connectivity index (χ2v) is 7.24. The predicted molar refractivity (Wildman–Crippen MR) is 82.0 cm³/mol. The van der Waals surface area contributed by atoms with Crippen LogP contribution in [0.1, 0.15) is 18.9 Å². The first-order valence-corrected chi connectivity index (χ1v) is 8.80. The SMILES string of the molecule is CCNS(=O)(=O)C1CCOCC1Cc1ccc(OC)cc1. The average Bonchev–Trinajstić information content (AvgIpc) is 2.48. The van der Waals surface area contributed by atoms with Crippen LogP contribution in [0.25, 0.3) is 0 Å². The van der Waals surface area contributed by atoms with Crippen LogP contribution >= 0.6 is 0 Å². The molecule has 0 aliphatic carbocycles. The maximum Gasteiger partial charge on any atom is 0.214 e. The molecule has 0 radical (unpaired) electrons. The number of benzene rings is 1. The predicted octanol–water partition coefficient (Wildman–Crippen LogP) is 1.58. The van der Waals surface area contributed by atoms with Gasteiger partial charge in [0.25, 0.3) is 0 Å². The Kier molecular flexibility index (Phi) is 5.61. The molecule has 6 heteroatoms. The number of ether oxygens (including phenoxy) is 2. The van der Waals surface area contributed by atoms with Crippen molar-refractivity contribution in [3.05, 3.63) is 29.8 Å². The summed E-state index contributed by atoms with van der Waals surface area (Å²) in [6.07, 6.45) is 1.25. The van der Waals surface area contributed by atoms with Crippen LogP contribution in [-0.4, -0.2) is 40.5 Å². The zero-order valence-electron chi connectivity index (χ0n) is 12.5. The van der Waals surface area contributed by atoms with Gasteiger partial charge >= 0.3 is 0 Å². The van der Waals surface area contributed by atoms with E-state index in [1.165, 1.54) is 0 Å². The maximum atomic E-state index is 12.3. The van der Waals surface area contributed by atoms with Crippen molar-refractivity contribution in [1.29, 1.82) is 0 Å². The van der Waals surface area contributed by atoms with Gasteiger partial charge in [0.2, 0.25) is 10.0 Å². The van der Waals surface area contributed by atoms with Gasteiger partial charge in [0.15, 0.2) is 0 Å². The standard InChI is InChI=1S/C15H23NO4S/c1-3-16-21(17,18)15-8-9-20-11-13(15)10-12-4-6-14(19-2)7-5-12/h4-7,13,15-16H,3,8-11H2,1-2H3. The third-order valence-corrected chi connectivity index (χ3v) is 5.91. The molecule has 1 aliphatic rings. The first kappa shape index (κ1) is 16.3. The Balaban J connectivity index is 2.11. The van der Waals surface area contributed by atoms with Crippen molar-refractivity contribution in [2.24, 2.45) is 5.92 Å². The molecule has 118 valence electrons. The highest BCUT2D eigenvalue weighted by Crippen LogP contribution is 2.25. The van der Waals surface area contributed by atoms with Gasteiger partial charge in [-0.2, -0.15) is 0 Å². The van der Waals surface area contributed by atoms with Crippen molar-refractivity contribution in [3.8, 4) is 5.75 Å². The van der Waals surface area contributed by atoms with Crippen molar-refractivity contribution in [3.63, 3.8) is 0 Å². The number of rotatable bonds is 6. The van der Waals surface area contributed by atoms with Crippen LogP contribution in [0, 0.1) is 5.92 Å². The van der Waals surface area contributed by atoms with E-state index in [4.69, 9.17) is 9.47 Å².